The van der Waals surface area contributed by atoms with Crippen molar-refractivity contribution in [2.75, 3.05) is 0 Å². The summed E-state index contributed by atoms with van der Waals surface area (Å²) in [6.45, 7) is 0. The number of phenolic OH excluding ortho intramolecular Hbond substituents is 1. The van der Waals surface area contributed by atoms with Crippen molar-refractivity contribution in [2.45, 2.75) is 0 Å². The molecule has 0 bridgehead atoms. The summed E-state index contributed by atoms with van der Waals surface area (Å²) in [7, 11) is 0. The van der Waals surface area contributed by atoms with Gasteiger partial charge in [0, 0.05) is 17.8 Å². The van der Waals surface area contributed by atoms with E-state index in [1.165, 1.54) is 18.2 Å². The molecule has 0 amide bonds. The molecule has 104 valence electrons. The molecule has 8 nitrogen and oxygen atoms in total. The van der Waals surface area contributed by atoms with Crippen LogP contribution in [0.5, 0.6) is 5.75 Å². The van der Waals surface area contributed by atoms with Gasteiger partial charge in [-0.3, -0.25) is 20.2 Å². The minimum Gasteiger partial charge on any atom is -0.502 e. The maximum Gasteiger partial charge on any atom is 0.311 e. The molecule has 0 spiro atoms. The molecular weight excluding hydrogens is 274 g/mol. The summed E-state index contributed by atoms with van der Waals surface area (Å²) in [4.78, 5) is 18.5. The molecule has 0 saturated heterocycles. The van der Waals surface area contributed by atoms with Gasteiger partial charge in [0.05, 0.1) is 4.92 Å². The molecule has 0 radical (unpaired) electrons. The Labute approximate surface area is 118 Å². The normalized spacial score (nSPS) is 10.5. The van der Waals surface area contributed by atoms with Crippen LogP contribution in [0.4, 0.5) is 5.69 Å². The number of nitro groups is 1. The van der Waals surface area contributed by atoms with E-state index in [0.717, 1.165) is 0 Å². The molecule has 3 rings (SSSR count). The number of H-pyrrole nitrogens is 1. The van der Waals surface area contributed by atoms with Crippen LogP contribution in [-0.4, -0.2) is 30.2 Å². The van der Waals surface area contributed by atoms with E-state index >= 15 is 0 Å². The quantitative estimate of drug-likeness (QED) is 0.561. The Balaban J connectivity index is 2.01. The second kappa shape index (κ2) is 5.00. The number of nitrogens with zero attached hydrogens (tertiary/aromatic N) is 4. The molecular formula is C13H9N5O3. The lowest BCUT2D eigenvalue weighted by Gasteiger charge is -1.98. The van der Waals surface area contributed by atoms with Crippen molar-refractivity contribution in [1.82, 2.24) is 20.2 Å². The Bertz CT molecular complexity index is 801. The van der Waals surface area contributed by atoms with Gasteiger partial charge in [-0.2, -0.15) is 5.10 Å². The van der Waals surface area contributed by atoms with Crippen molar-refractivity contribution >= 4 is 5.69 Å². The third-order valence-corrected chi connectivity index (χ3v) is 2.82. The zero-order chi connectivity index (χ0) is 14.8. The van der Waals surface area contributed by atoms with E-state index in [4.69, 9.17) is 0 Å². The van der Waals surface area contributed by atoms with Crippen molar-refractivity contribution in [3.8, 4) is 28.7 Å². The van der Waals surface area contributed by atoms with Gasteiger partial charge in [-0.1, -0.05) is 6.07 Å². The summed E-state index contributed by atoms with van der Waals surface area (Å²) in [6, 6.07) is 9.34. The molecule has 2 aromatic heterocycles. The molecule has 0 fully saturated rings. The summed E-state index contributed by atoms with van der Waals surface area (Å²) in [5, 5.41) is 27.0. The summed E-state index contributed by atoms with van der Waals surface area (Å²) in [5.74, 6) is 0.351. The maximum atomic E-state index is 10.8. The van der Waals surface area contributed by atoms with Gasteiger partial charge in [-0.25, -0.2) is 4.98 Å². The van der Waals surface area contributed by atoms with Gasteiger partial charge >= 0.3 is 5.69 Å². The molecule has 0 aliphatic rings. The van der Waals surface area contributed by atoms with Gasteiger partial charge in [0.25, 0.3) is 0 Å². The fraction of sp³-hybridized carbons (Fsp3) is 0. The summed E-state index contributed by atoms with van der Waals surface area (Å²) in [6.07, 6.45) is 1.63. The first-order chi connectivity index (χ1) is 10.1. The van der Waals surface area contributed by atoms with Crippen LogP contribution in [0.15, 0.2) is 42.6 Å². The number of phenols is 1. The molecule has 0 aliphatic carbocycles. The lowest BCUT2D eigenvalue weighted by molar-refractivity contribution is -0.385. The van der Waals surface area contributed by atoms with Crippen LogP contribution in [0.3, 0.4) is 0 Å². The first kappa shape index (κ1) is 12.7. The van der Waals surface area contributed by atoms with Crippen LogP contribution in [0.2, 0.25) is 0 Å². The summed E-state index contributed by atoms with van der Waals surface area (Å²) < 4.78 is 0. The number of hydrogen-bond acceptors (Lipinski definition) is 6. The fourth-order valence-electron chi connectivity index (χ4n) is 1.82. The maximum absolute atomic E-state index is 10.8. The standard InChI is InChI=1S/C13H9N5O3/c19-11-5-4-8(7-10(11)18(20)21)12-15-13(17-16-12)9-3-1-2-6-14-9/h1-7,19H,(H,15,16,17). The van der Waals surface area contributed by atoms with Crippen LogP contribution in [0.25, 0.3) is 22.9 Å². The van der Waals surface area contributed by atoms with Crippen LogP contribution in [0.1, 0.15) is 0 Å². The van der Waals surface area contributed by atoms with E-state index in [0.29, 0.717) is 22.9 Å². The molecule has 21 heavy (non-hydrogen) atoms. The predicted molar refractivity (Wildman–Crippen MR) is 73.4 cm³/mol. The number of nitrogens with one attached hydrogen (secondary N) is 1. The number of aromatic amines is 1. The van der Waals surface area contributed by atoms with Gasteiger partial charge < -0.3 is 5.11 Å². The first-order valence-electron chi connectivity index (χ1n) is 5.97. The smallest absolute Gasteiger partial charge is 0.311 e. The van der Waals surface area contributed by atoms with Crippen molar-refractivity contribution in [3.63, 3.8) is 0 Å². The van der Waals surface area contributed by atoms with E-state index in [9.17, 15) is 15.2 Å². The molecule has 2 heterocycles. The van der Waals surface area contributed by atoms with Gasteiger partial charge in [0.1, 0.15) is 5.69 Å². The van der Waals surface area contributed by atoms with Gasteiger partial charge in [0.2, 0.25) is 0 Å². The number of aromatic nitrogens is 4. The van der Waals surface area contributed by atoms with Crippen LogP contribution >= 0.6 is 0 Å². The van der Waals surface area contributed by atoms with Gasteiger partial charge in [0.15, 0.2) is 17.4 Å². The Hall–Kier alpha value is -3.29. The van der Waals surface area contributed by atoms with Crippen LogP contribution in [-0.2, 0) is 0 Å². The highest BCUT2D eigenvalue weighted by Gasteiger charge is 2.16. The highest BCUT2D eigenvalue weighted by Crippen LogP contribution is 2.30. The fourth-order valence-corrected chi connectivity index (χ4v) is 1.82. The Morgan fingerprint density at radius 1 is 1.24 bits per heavy atom. The molecule has 0 unspecified atom stereocenters. The summed E-state index contributed by atoms with van der Waals surface area (Å²) >= 11 is 0. The first-order valence-corrected chi connectivity index (χ1v) is 5.97. The van der Waals surface area contributed by atoms with Crippen molar-refractivity contribution < 1.29 is 10.0 Å². The number of benzene rings is 1. The minimum absolute atomic E-state index is 0.291. The van der Waals surface area contributed by atoms with E-state index in [1.54, 1.807) is 18.3 Å². The number of hydrogen-bond donors (Lipinski definition) is 2. The minimum atomic E-state index is -0.662. The largest absolute Gasteiger partial charge is 0.502 e. The Morgan fingerprint density at radius 3 is 2.81 bits per heavy atom. The third-order valence-electron chi connectivity index (χ3n) is 2.82. The zero-order valence-corrected chi connectivity index (χ0v) is 10.6. The number of rotatable bonds is 3. The summed E-state index contributed by atoms with van der Waals surface area (Å²) in [5.41, 5.74) is 0.652. The lowest BCUT2D eigenvalue weighted by atomic mass is 10.2. The van der Waals surface area contributed by atoms with Crippen LogP contribution < -0.4 is 0 Å². The SMILES string of the molecule is O=[N+]([O-])c1cc(-c2n[nH]c(-c3ccccn3)n2)ccc1O. The second-order valence-corrected chi connectivity index (χ2v) is 4.18. The Kier molecular flexibility index (Phi) is 3.03. The molecule has 3 aromatic rings. The van der Waals surface area contributed by atoms with E-state index in [2.05, 4.69) is 20.2 Å². The highest BCUT2D eigenvalue weighted by molar-refractivity contribution is 5.64. The monoisotopic (exact) mass is 283 g/mol. The number of pyridine rings is 1. The average molecular weight is 283 g/mol. The molecule has 8 heteroatoms. The van der Waals surface area contributed by atoms with Gasteiger partial charge in [-0.15, -0.1) is 0 Å². The third kappa shape index (κ3) is 2.41. The van der Waals surface area contributed by atoms with Crippen molar-refractivity contribution in [3.05, 3.63) is 52.7 Å². The molecule has 0 saturated carbocycles. The number of aromatic hydroxyl groups is 1. The Morgan fingerprint density at radius 2 is 2.10 bits per heavy atom. The highest BCUT2D eigenvalue weighted by atomic mass is 16.6. The number of nitro benzene ring substituents is 1. The van der Waals surface area contributed by atoms with E-state index in [1.807, 2.05) is 6.07 Å². The van der Waals surface area contributed by atoms with E-state index < -0.39 is 16.4 Å². The van der Waals surface area contributed by atoms with E-state index in [-0.39, 0.29) is 0 Å². The van der Waals surface area contributed by atoms with Gasteiger partial charge in [-0.05, 0) is 24.3 Å². The molecule has 2 N–H and O–H groups in total. The van der Waals surface area contributed by atoms with Crippen LogP contribution in [0, 0.1) is 10.1 Å². The second-order valence-electron chi connectivity index (χ2n) is 4.18. The topological polar surface area (TPSA) is 118 Å². The van der Waals surface area contributed by atoms with Crippen molar-refractivity contribution in [2.24, 2.45) is 0 Å². The zero-order valence-electron chi connectivity index (χ0n) is 10.6. The lowest BCUT2D eigenvalue weighted by Crippen LogP contribution is -1.90. The molecule has 0 aliphatic heterocycles. The molecule has 1 aromatic carbocycles. The predicted octanol–water partition coefficient (Wildman–Crippen LogP) is 2.15. The molecule has 0 atom stereocenters. The average Bonchev–Trinajstić information content (AvgIpc) is 2.98. The van der Waals surface area contributed by atoms with Crippen molar-refractivity contribution in [1.29, 1.82) is 0 Å².